The molecule has 0 saturated carbocycles. The maximum absolute atomic E-state index is 9.60. The largest absolute Gasteiger partial charge is 0.393 e. The van der Waals surface area contributed by atoms with E-state index in [1.165, 1.54) is 0 Å². The van der Waals surface area contributed by atoms with Gasteiger partial charge in [-0.15, -0.1) is 0 Å². The molecule has 0 radical (unpaired) electrons. The highest BCUT2D eigenvalue weighted by atomic mass is 16.3. The molecule has 0 aliphatic carbocycles. The van der Waals surface area contributed by atoms with Crippen LogP contribution in [0.4, 0.5) is 5.82 Å². The molecule has 4 heteroatoms. The minimum Gasteiger partial charge on any atom is -0.393 e. The summed E-state index contributed by atoms with van der Waals surface area (Å²) >= 11 is 0. The number of hydrogen-bond donors (Lipinski definition) is 2. The average Bonchev–Trinajstić information content (AvgIpc) is 2.39. The monoisotopic (exact) mass is 249 g/mol. The van der Waals surface area contributed by atoms with Crippen LogP contribution in [-0.2, 0) is 0 Å². The second-order valence-corrected chi connectivity index (χ2v) is 5.30. The third kappa shape index (κ3) is 3.00. The third-order valence-electron chi connectivity index (χ3n) is 3.84. The van der Waals surface area contributed by atoms with Crippen molar-refractivity contribution in [2.45, 2.75) is 38.8 Å². The van der Waals surface area contributed by atoms with Crippen LogP contribution >= 0.6 is 0 Å². The standard InChI is InChI=1S/C14H23N3O/c1-10(15)13-3-6-16-14(9-13)17-7-4-12(5-8-17)11(2)18/h3,6,9-12,18H,4-5,7-8,15H2,1-2H3/t10-,11?/m0/s1. The summed E-state index contributed by atoms with van der Waals surface area (Å²) in [7, 11) is 0. The van der Waals surface area contributed by atoms with Gasteiger partial charge in [-0.05, 0) is 50.3 Å². The van der Waals surface area contributed by atoms with Gasteiger partial charge in [0.15, 0.2) is 0 Å². The lowest BCUT2D eigenvalue weighted by Crippen LogP contribution is -2.37. The van der Waals surface area contributed by atoms with Crippen LogP contribution in [0.2, 0.25) is 0 Å². The molecule has 2 atom stereocenters. The molecular weight excluding hydrogens is 226 g/mol. The number of nitrogens with zero attached hydrogens (tertiary/aromatic N) is 2. The van der Waals surface area contributed by atoms with Gasteiger partial charge in [-0.2, -0.15) is 0 Å². The van der Waals surface area contributed by atoms with Crippen LogP contribution in [0, 0.1) is 5.92 Å². The third-order valence-corrected chi connectivity index (χ3v) is 3.84. The maximum Gasteiger partial charge on any atom is 0.128 e. The zero-order valence-electron chi connectivity index (χ0n) is 11.2. The Morgan fingerprint density at radius 2 is 2.06 bits per heavy atom. The zero-order chi connectivity index (χ0) is 13.1. The van der Waals surface area contributed by atoms with Crippen molar-refractivity contribution in [2.75, 3.05) is 18.0 Å². The van der Waals surface area contributed by atoms with E-state index in [1.807, 2.05) is 26.1 Å². The van der Waals surface area contributed by atoms with Gasteiger partial charge in [0.05, 0.1) is 6.10 Å². The predicted molar refractivity (Wildman–Crippen MR) is 73.5 cm³/mol. The fraction of sp³-hybridized carbons (Fsp3) is 0.643. The summed E-state index contributed by atoms with van der Waals surface area (Å²) in [5, 5.41) is 9.60. The van der Waals surface area contributed by atoms with Gasteiger partial charge in [0.1, 0.15) is 5.82 Å². The molecule has 1 aromatic rings. The van der Waals surface area contributed by atoms with E-state index in [2.05, 4.69) is 16.0 Å². The van der Waals surface area contributed by atoms with E-state index in [9.17, 15) is 5.11 Å². The number of hydrogen-bond acceptors (Lipinski definition) is 4. The quantitative estimate of drug-likeness (QED) is 0.856. The number of piperidine rings is 1. The van der Waals surface area contributed by atoms with E-state index in [0.29, 0.717) is 5.92 Å². The van der Waals surface area contributed by atoms with Crippen molar-refractivity contribution in [1.82, 2.24) is 4.98 Å². The molecule has 1 aliphatic heterocycles. The average molecular weight is 249 g/mol. The van der Waals surface area contributed by atoms with Crippen LogP contribution in [-0.4, -0.2) is 29.3 Å². The summed E-state index contributed by atoms with van der Waals surface area (Å²) in [4.78, 5) is 6.71. The molecule has 3 N–H and O–H groups in total. The fourth-order valence-electron chi connectivity index (χ4n) is 2.50. The Labute approximate surface area is 109 Å². The molecule has 18 heavy (non-hydrogen) atoms. The molecule has 2 heterocycles. The van der Waals surface area contributed by atoms with Crippen molar-refractivity contribution in [2.24, 2.45) is 11.7 Å². The summed E-state index contributed by atoms with van der Waals surface area (Å²) in [6.07, 6.45) is 3.69. The van der Waals surface area contributed by atoms with E-state index in [4.69, 9.17) is 5.73 Å². The highest BCUT2D eigenvalue weighted by Gasteiger charge is 2.23. The van der Waals surface area contributed by atoms with Crippen LogP contribution in [0.5, 0.6) is 0 Å². The highest BCUT2D eigenvalue weighted by molar-refractivity contribution is 5.42. The molecule has 1 aromatic heterocycles. The number of aliphatic hydroxyl groups is 1. The topological polar surface area (TPSA) is 62.4 Å². The Morgan fingerprint density at radius 1 is 1.39 bits per heavy atom. The van der Waals surface area contributed by atoms with Crippen molar-refractivity contribution in [3.8, 4) is 0 Å². The fourth-order valence-corrected chi connectivity index (χ4v) is 2.50. The second-order valence-electron chi connectivity index (χ2n) is 5.30. The molecular formula is C14H23N3O. The molecule has 1 fully saturated rings. The summed E-state index contributed by atoms with van der Waals surface area (Å²) < 4.78 is 0. The molecule has 4 nitrogen and oxygen atoms in total. The maximum atomic E-state index is 9.60. The number of pyridine rings is 1. The van der Waals surface area contributed by atoms with Crippen molar-refractivity contribution in [1.29, 1.82) is 0 Å². The molecule has 0 aromatic carbocycles. The molecule has 2 rings (SSSR count). The van der Waals surface area contributed by atoms with E-state index in [1.54, 1.807) is 0 Å². The van der Waals surface area contributed by atoms with Gasteiger partial charge in [0, 0.05) is 25.3 Å². The number of aliphatic hydroxyl groups excluding tert-OH is 1. The first-order valence-electron chi connectivity index (χ1n) is 6.72. The minimum atomic E-state index is -0.199. The van der Waals surface area contributed by atoms with Gasteiger partial charge >= 0.3 is 0 Å². The number of anilines is 1. The Kier molecular flexibility index (Phi) is 4.19. The van der Waals surface area contributed by atoms with Gasteiger partial charge in [0.2, 0.25) is 0 Å². The molecule has 0 spiro atoms. The lowest BCUT2D eigenvalue weighted by atomic mass is 9.92. The van der Waals surface area contributed by atoms with Gasteiger partial charge in [-0.1, -0.05) is 0 Å². The summed E-state index contributed by atoms with van der Waals surface area (Å²) in [5.74, 6) is 1.44. The van der Waals surface area contributed by atoms with Crippen LogP contribution < -0.4 is 10.6 Å². The Balaban J connectivity index is 2.03. The summed E-state index contributed by atoms with van der Waals surface area (Å²) in [6, 6.07) is 4.09. The van der Waals surface area contributed by atoms with Gasteiger partial charge in [-0.25, -0.2) is 4.98 Å². The Morgan fingerprint density at radius 3 is 2.61 bits per heavy atom. The Bertz CT molecular complexity index is 384. The predicted octanol–water partition coefficient (Wildman–Crippen LogP) is 1.70. The molecule has 1 saturated heterocycles. The van der Waals surface area contributed by atoms with Crippen molar-refractivity contribution in [3.05, 3.63) is 23.9 Å². The lowest BCUT2D eigenvalue weighted by Gasteiger charge is -2.34. The van der Waals surface area contributed by atoms with E-state index in [-0.39, 0.29) is 12.1 Å². The molecule has 1 unspecified atom stereocenters. The zero-order valence-corrected chi connectivity index (χ0v) is 11.2. The van der Waals surface area contributed by atoms with Crippen molar-refractivity contribution < 1.29 is 5.11 Å². The first-order valence-corrected chi connectivity index (χ1v) is 6.72. The summed E-state index contributed by atoms with van der Waals surface area (Å²) in [5.41, 5.74) is 7.02. The Hall–Kier alpha value is -1.13. The van der Waals surface area contributed by atoms with Gasteiger partial charge in [-0.3, -0.25) is 0 Å². The van der Waals surface area contributed by atoms with Crippen LogP contribution in [0.25, 0.3) is 0 Å². The summed E-state index contributed by atoms with van der Waals surface area (Å²) in [6.45, 7) is 5.80. The number of rotatable bonds is 3. The molecule has 1 aliphatic rings. The van der Waals surface area contributed by atoms with Crippen molar-refractivity contribution in [3.63, 3.8) is 0 Å². The highest BCUT2D eigenvalue weighted by Crippen LogP contribution is 2.25. The number of nitrogens with two attached hydrogens (primary N) is 1. The van der Waals surface area contributed by atoms with Crippen molar-refractivity contribution >= 4 is 5.82 Å². The first-order chi connectivity index (χ1) is 8.58. The SMILES string of the molecule is CC(O)C1CCN(c2cc([C@H](C)N)ccn2)CC1. The van der Waals surface area contributed by atoms with Crippen LogP contribution in [0.1, 0.15) is 38.3 Å². The second kappa shape index (κ2) is 5.67. The smallest absolute Gasteiger partial charge is 0.128 e. The van der Waals surface area contributed by atoms with E-state index in [0.717, 1.165) is 37.3 Å². The van der Waals surface area contributed by atoms with Gasteiger partial charge < -0.3 is 15.7 Å². The molecule has 0 bridgehead atoms. The van der Waals surface area contributed by atoms with E-state index >= 15 is 0 Å². The first kappa shape index (κ1) is 13.3. The van der Waals surface area contributed by atoms with E-state index < -0.39 is 0 Å². The molecule has 0 amide bonds. The van der Waals surface area contributed by atoms with Gasteiger partial charge in [0.25, 0.3) is 0 Å². The minimum absolute atomic E-state index is 0.0433. The van der Waals surface area contributed by atoms with Crippen LogP contribution in [0.15, 0.2) is 18.3 Å². The normalized spacial score (nSPS) is 20.8. The van der Waals surface area contributed by atoms with Crippen LogP contribution in [0.3, 0.4) is 0 Å². The number of aromatic nitrogens is 1. The lowest BCUT2D eigenvalue weighted by molar-refractivity contribution is 0.110. The molecule has 100 valence electrons.